The van der Waals surface area contributed by atoms with E-state index in [1.807, 2.05) is 26.0 Å². The van der Waals surface area contributed by atoms with Gasteiger partial charge in [0.2, 0.25) is 0 Å². The first kappa shape index (κ1) is 33.3. The molecule has 1 heterocycles. The summed E-state index contributed by atoms with van der Waals surface area (Å²) >= 11 is 1.61. The lowest BCUT2D eigenvalue weighted by Crippen LogP contribution is -2.41. The Bertz CT molecular complexity index is 1370. The fraction of sp³-hybridized carbons (Fsp3) is 0.410. The van der Waals surface area contributed by atoms with Gasteiger partial charge >= 0.3 is 0 Å². The van der Waals surface area contributed by atoms with Crippen LogP contribution in [0.3, 0.4) is 0 Å². The molecule has 2 nitrogen and oxygen atoms in total. The number of thiophene rings is 1. The van der Waals surface area contributed by atoms with E-state index in [0.717, 1.165) is 57.7 Å². The SMILES string of the molecule is C=Cc1c(/C=C\C)sc(C(=O)N(Cc2cc(-c3ccc(C(=C)C)cc3)ccc2CCC)C2CCCCC2)c1C.CCC. The summed E-state index contributed by atoms with van der Waals surface area (Å²) in [4.78, 5) is 18.5. The van der Waals surface area contributed by atoms with Crippen molar-refractivity contribution in [2.75, 3.05) is 0 Å². The predicted molar refractivity (Wildman–Crippen MR) is 187 cm³/mol. The van der Waals surface area contributed by atoms with Crippen LogP contribution in [0.4, 0.5) is 0 Å². The molecule has 3 heteroatoms. The van der Waals surface area contributed by atoms with Crippen molar-refractivity contribution in [3.05, 3.63) is 99.3 Å². The van der Waals surface area contributed by atoms with Gasteiger partial charge in [0.05, 0.1) is 4.88 Å². The zero-order valence-corrected chi connectivity index (χ0v) is 27.7. The first-order chi connectivity index (χ1) is 20.3. The third kappa shape index (κ3) is 8.22. The Kier molecular flexibility index (Phi) is 13.1. The first-order valence-electron chi connectivity index (χ1n) is 15.9. The molecule has 0 radical (unpaired) electrons. The van der Waals surface area contributed by atoms with Crippen molar-refractivity contribution in [1.82, 2.24) is 4.90 Å². The Hall–Kier alpha value is -3.17. The van der Waals surface area contributed by atoms with Crippen LogP contribution in [-0.2, 0) is 13.0 Å². The van der Waals surface area contributed by atoms with Crippen LogP contribution in [0.1, 0.15) is 122 Å². The van der Waals surface area contributed by atoms with E-state index in [1.54, 1.807) is 11.3 Å². The maximum atomic E-state index is 14.4. The molecule has 2 aromatic carbocycles. The molecule has 1 saturated carbocycles. The average Bonchev–Trinajstić information content (AvgIpc) is 3.32. The minimum Gasteiger partial charge on any atom is -0.331 e. The second-order valence-corrected chi connectivity index (χ2v) is 12.6. The number of hydrogen-bond acceptors (Lipinski definition) is 2. The van der Waals surface area contributed by atoms with Crippen molar-refractivity contribution in [3.63, 3.8) is 0 Å². The standard InChI is InChI=1S/C36H43NOS.C3H8/c1-7-13-28-21-22-30(29-19-17-27(18-20-29)25(4)5)23-31(28)24-37(32-15-11-10-12-16-32)36(38)35-26(6)33(9-3)34(39-35)14-8-2;1-3-2/h8-9,14,17-23,32H,3-4,7,10-13,15-16,24H2,1-2,5-6H3;3H2,1-2H3/b14-8-;. The van der Waals surface area contributed by atoms with Crippen molar-refractivity contribution >= 4 is 35.0 Å². The highest BCUT2D eigenvalue weighted by atomic mass is 32.1. The Morgan fingerprint density at radius 1 is 1.00 bits per heavy atom. The monoisotopic (exact) mass is 581 g/mol. The molecule has 1 aliphatic rings. The molecule has 0 atom stereocenters. The van der Waals surface area contributed by atoms with Gasteiger partial charge in [-0.15, -0.1) is 11.3 Å². The van der Waals surface area contributed by atoms with Gasteiger partial charge in [0, 0.05) is 17.5 Å². The number of benzene rings is 2. The molecule has 0 unspecified atom stereocenters. The van der Waals surface area contributed by atoms with Gasteiger partial charge in [0.25, 0.3) is 5.91 Å². The third-order valence-electron chi connectivity index (χ3n) is 7.99. The first-order valence-corrected chi connectivity index (χ1v) is 16.7. The molecule has 3 aromatic rings. The molecule has 0 spiro atoms. The molecule has 0 bridgehead atoms. The van der Waals surface area contributed by atoms with Crippen LogP contribution in [0.25, 0.3) is 28.9 Å². The molecule has 0 saturated heterocycles. The highest BCUT2D eigenvalue weighted by Crippen LogP contribution is 2.35. The topological polar surface area (TPSA) is 20.3 Å². The molecular weight excluding hydrogens is 531 g/mol. The second kappa shape index (κ2) is 16.5. The number of aryl methyl sites for hydroxylation is 1. The third-order valence-corrected chi connectivity index (χ3v) is 9.25. The van der Waals surface area contributed by atoms with Gasteiger partial charge in [0.1, 0.15) is 0 Å². The summed E-state index contributed by atoms with van der Waals surface area (Å²) in [5, 5.41) is 0. The molecule has 4 rings (SSSR count). The highest BCUT2D eigenvalue weighted by Gasteiger charge is 2.30. The molecular formula is C39H51NOS. The Balaban J connectivity index is 0.00000155. The van der Waals surface area contributed by atoms with Crippen molar-refractivity contribution in [1.29, 1.82) is 0 Å². The zero-order valence-electron chi connectivity index (χ0n) is 26.9. The minimum atomic E-state index is 0.168. The summed E-state index contributed by atoms with van der Waals surface area (Å²) in [6.45, 7) is 21.4. The summed E-state index contributed by atoms with van der Waals surface area (Å²) in [7, 11) is 0. The van der Waals surface area contributed by atoms with E-state index in [9.17, 15) is 4.79 Å². The van der Waals surface area contributed by atoms with Crippen LogP contribution in [0.5, 0.6) is 0 Å². The molecule has 1 aromatic heterocycles. The Morgan fingerprint density at radius 3 is 2.21 bits per heavy atom. The van der Waals surface area contributed by atoms with E-state index in [-0.39, 0.29) is 11.9 Å². The van der Waals surface area contributed by atoms with E-state index >= 15 is 0 Å². The molecule has 42 heavy (non-hydrogen) atoms. The van der Waals surface area contributed by atoms with Gasteiger partial charge in [-0.05, 0) is 91.1 Å². The van der Waals surface area contributed by atoms with E-state index in [1.165, 1.54) is 47.9 Å². The molecule has 0 N–H and O–H groups in total. The number of hydrogen-bond donors (Lipinski definition) is 0. The fourth-order valence-corrected chi connectivity index (χ4v) is 7.01. The predicted octanol–water partition coefficient (Wildman–Crippen LogP) is 11.8. The van der Waals surface area contributed by atoms with Gasteiger partial charge in [-0.2, -0.15) is 0 Å². The van der Waals surface area contributed by atoms with Crippen LogP contribution in [0.2, 0.25) is 0 Å². The number of carbonyl (C=O) groups is 1. The molecule has 0 aliphatic heterocycles. The second-order valence-electron chi connectivity index (χ2n) is 11.6. The molecule has 1 amide bonds. The molecule has 1 aliphatic carbocycles. The largest absolute Gasteiger partial charge is 0.331 e. The van der Waals surface area contributed by atoms with Crippen molar-refractivity contribution in [3.8, 4) is 11.1 Å². The van der Waals surface area contributed by atoms with Crippen molar-refractivity contribution in [2.45, 2.75) is 105 Å². The maximum absolute atomic E-state index is 14.4. The molecule has 224 valence electrons. The summed E-state index contributed by atoms with van der Waals surface area (Å²) in [5.41, 5.74) is 9.38. The number of allylic oxidation sites excluding steroid dienone is 2. The van der Waals surface area contributed by atoms with Crippen LogP contribution in [0, 0.1) is 6.92 Å². The summed E-state index contributed by atoms with van der Waals surface area (Å²) in [6.07, 6.45) is 15.2. The normalized spacial score (nSPS) is 13.5. The number of carbonyl (C=O) groups excluding carboxylic acids is 1. The zero-order chi connectivity index (χ0) is 30.6. The highest BCUT2D eigenvalue weighted by molar-refractivity contribution is 7.15. The number of rotatable bonds is 10. The van der Waals surface area contributed by atoms with E-state index in [0.29, 0.717) is 6.54 Å². The maximum Gasteiger partial charge on any atom is 0.264 e. The lowest BCUT2D eigenvalue weighted by Gasteiger charge is -2.35. The van der Waals surface area contributed by atoms with Gasteiger partial charge in [-0.1, -0.05) is 120 Å². The summed E-state index contributed by atoms with van der Waals surface area (Å²) in [6, 6.07) is 15.8. The smallest absolute Gasteiger partial charge is 0.264 e. The summed E-state index contributed by atoms with van der Waals surface area (Å²) < 4.78 is 0. The Morgan fingerprint density at radius 2 is 1.64 bits per heavy atom. The quantitative estimate of drug-likeness (QED) is 0.233. The lowest BCUT2D eigenvalue weighted by atomic mass is 9.92. The van der Waals surface area contributed by atoms with Crippen molar-refractivity contribution in [2.24, 2.45) is 0 Å². The average molecular weight is 582 g/mol. The minimum absolute atomic E-state index is 0.168. The van der Waals surface area contributed by atoms with Crippen LogP contribution in [0.15, 0.2) is 61.7 Å². The van der Waals surface area contributed by atoms with Crippen molar-refractivity contribution < 1.29 is 4.79 Å². The van der Waals surface area contributed by atoms with Crippen LogP contribution < -0.4 is 0 Å². The van der Waals surface area contributed by atoms with Gasteiger partial charge in [-0.3, -0.25) is 4.79 Å². The van der Waals surface area contributed by atoms with Gasteiger partial charge in [-0.25, -0.2) is 0 Å². The number of nitrogens with zero attached hydrogens (tertiary/aromatic N) is 1. The fourth-order valence-electron chi connectivity index (χ4n) is 5.77. The van der Waals surface area contributed by atoms with E-state index < -0.39 is 0 Å². The van der Waals surface area contributed by atoms with Crippen LogP contribution >= 0.6 is 11.3 Å². The number of amides is 1. The van der Waals surface area contributed by atoms with Gasteiger partial charge in [0.15, 0.2) is 0 Å². The molecule has 1 fully saturated rings. The van der Waals surface area contributed by atoms with Gasteiger partial charge < -0.3 is 4.90 Å². The lowest BCUT2D eigenvalue weighted by molar-refractivity contribution is 0.0618. The van der Waals surface area contributed by atoms with E-state index in [4.69, 9.17) is 0 Å². The van der Waals surface area contributed by atoms with Crippen LogP contribution in [-0.4, -0.2) is 16.8 Å². The summed E-state index contributed by atoms with van der Waals surface area (Å²) in [5.74, 6) is 0.168. The Labute approximate surface area is 259 Å². The van der Waals surface area contributed by atoms with E-state index in [2.05, 4.69) is 94.3 Å².